The van der Waals surface area contributed by atoms with E-state index in [0.717, 1.165) is 22.3 Å². The largest absolute Gasteiger partial charge is 0.396 e. The zero-order chi connectivity index (χ0) is 21.1. The molecule has 0 radical (unpaired) electrons. The lowest BCUT2D eigenvalue weighted by molar-refractivity contribution is 0.102. The monoisotopic (exact) mass is 410 g/mol. The SMILES string of the molecule is Cc1cc(C(=O)CSc2nc3ccccc3c(=O)n2CCCO)c(C)c(C)c1C. The number of hydrogen-bond donors (Lipinski definition) is 1. The number of benzene rings is 2. The first-order valence-electron chi connectivity index (χ1n) is 9.69. The van der Waals surface area contributed by atoms with Crippen molar-refractivity contribution in [2.45, 2.75) is 45.8 Å². The summed E-state index contributed by atoms with van der Waals surface area (Å²) in [4.78, 5) is 30.5. The van der Waals surface area contributed by atoms with Crippen LogP contribution >= 0.6 is 11.8 Å². The van der Waals surface area contributed by atoms with Crippen molar-refractivity contribution in [3.05, 3.63) is 68.5 Å². The molecule has 1 heterocycles. The molecule has 1 N–H and O–H groups in total. The van der Waals surface area contributed by atoms with Gasteiger partial charge in [-0.25, -0.2) is 4.98 Å². The van der Waals surface area contributed by atoms with Gasteiger partial charge >= 0.3 is 0 Å². The van der Waals surface area contributed by atoms with Crippen LogP contribution in [-0.2, 0) is 6.54 Å². The third-order valence-corrected chi connectivity index (χ3v) is 6.46. The summed E-state index contributed by atoms with van der Waals surface area (Å²) in [6.07, 6.45) is 0.455. The zero-order valence-electron chi connectivity index (χ0n) is 17.3. The Morgan fingerprint density at radius 3 is 2.55 bits per heavy atom. The van der Waals surface area contributed by atoms with Gasteiger partial charge in [0.1, 0.15) is 0 Å². The number of carbonyl (C=O) groups excluding carboxylic acids is 1. The van der Waals surface area contributed by atoms with E-state index in [9.17, 15) is 14.7 Å². The number of Topliss-reactive ketones (excluding diaryl/α,β-unsaturated/α-hetero) is 1. The third-order valence-electron chi connectivity index (χ3n) is 5.48. The molecule has 0 aliphatic carbocycles. The topological polar surface area (TPSA) is 72.2 Å². The summed E-state index contributed by atoms with van der Waals surface area (Å²) in [6, 6.07) is 9.15. The predicted molar refractivity (Wildman–Crippen MR) is 118 cm³/mol. The number of fused-ring (bicyclic) bond motifs is 1. The van der Waals surface area contributed by atoms with Crippen molar-refractivity contribution in [3.63, 3.8) is 0 Å². The van der Waals surface area contributed by atoms with Crippen molar-refractivity contribution in [3.8, 4) is 0 Å². The highest BCUT2D eigenvalue weighted by atomic mass is 32.2. The number of ketones is 1. The van der Waals surface area contributed by atoms with E-state index in [1.165, 1.54) is 17.3 Å². The van der Waals surface area contributed by atoms with Crippen LogP contribution in [0, 0.1) is 27.7 Å². The van der Waals surface area contributed by atoms with Gasteiger partial charge in [-0.3, -0.25) is 14.2 Å². The maximum atomic E-state index is 13.0. The van der Waals surface area contributed by atoms with Crippen molar-refractivity contribution in [2.75, 3.05) is 12.4 Å². The molecule has 152 valence electrons. The summed E-state index contributed by atoms with van der Waals surface area (Å²) in [7, 11) is 0. The van der Waals surface area contributed by atoms with Crippen molar-refractivity contribution in [1.82, 2.24) is 9.55 Å². The second-order valence-corrected chi connectivity index (χ2v) is 8.22. The molecule has 0 spiro atoms. The van der Waals surface area contributed by atoms with E-state index in [0.29, 0.717) is 29.0 Å². The van der Waals surface area contributed by atoms with E-state index in [4.69, 9.17) is 0 Å². The highest BCUT2D eigenvalue weighted by molar-refractivity contribution is 7.99. The smallest absolute Gasteiger partial charge is 0.262 e. The Labute approximate surface area is 174 Å². The standard InChI is InChI=1S/C23H26N2O3S/c1-14-12-19(17(4)16(3)15(14)2)21(27)13-29-23-24-20-9-6-5-8-18(20)22(28)25(23)10-7-11-26/h5-6,8-9,12,26H,7,10-11,13H2,1-4H3. The molecule has 5 nitrogen and oxygen atoms in total. The average Bonchev–Trinajstić information content (AvgIpc) is 2.72. The number of aliphatic hydroxyl groups is 1. The summed E-state index contributed by atoms with van der Waals surface area (Å²) in [5.74, 6) is 0.224. The molecule has 3 aromatic rings. The average molecular weight is 411 g/mol. The van der Waals surface area contributed by atoms with Gasteiger partial charge in [-0.2, -0.15) is 0 Å². The summed E-state index contributed by atoms with van der Waals surface area (Å²) in [6.45, 7) is 8.46. The minimum absolute atomic E-state index is 0.0105. The minimum Gasteiger partial charge on any atom is -0.396 e. The molecule has 1 aromatic heterocycles. The molecule has 0 amide bonds. The number of aliphatic hydroxyl groups excluding tert-OH is 1. The van der Waals surface area contributed by atoms with Gasteiger partial charge < -0.3 is 5.11 Å². The normalized spacial score (nSPS) is 11.2. The number of carbonyl (C=O) groups is 1. The second-order valence-electron chi connectivity index (χ2n) is 7.27. The molecular formula is C23H26N2O3S. The first-order chi connectivity index (χ1) is 13.8. The number of aryl methyl sites for hydroxylation is 1. The van der Waals surface area contributed by atoms with Crippen LogP contribution in [-0.4, -0.2) is 32.8 Å². The highest BCUT2D eigenvalue weighted by Gasteiger charge is 2.17. The first kappa shape index (κ1) is 21.3. The number of hydrogen-bond acceptors (Lipinski definition) is 5. The molecule has 2 aromatic carbocycles. The number of rotatable bonds is 7. The Kier molecular flexibility index (Phi) is 6.55. The van der Waals surface area contributed by atoms with Crippen LogP contribution in [0.2, 0.25) is 0 Å². The first-order valence-corrected chi connectivity index (χ1v) is 10.7. The number of nitrogens with zero attached hydrogens (tertiary/aromatic N) is 2. The molecule has 0 aliphatic rings. The molecule has 29 heavy (non-hydrogen) atoms. The number of para-hydroxylation sites is 1. The van der Waals surface area contributed by atoms with E-state index in [2.05, 4.69) is 11.9 Å². The molecule has 0 unspecified atom stereocenters. The Balaban J connectivity index is 1.94. The second kappa shape index (κ2) is 8.93. The molecule has 6 heteroatoms. The van der Waals surface area contributed by atoms with E-state index < -0.39 is 0 Å². The molecule has 0 aliphatic heterocycles. The lowest BCUT2D eigenvalue weighted by Gasteiger charge is -2.15. The Hall–Kier alpha value is -2.44. The van der Waals surface area contributed by atoms with Gasteiger partial charge in [0.15, 0.2) is 10.9 Å². The number of thioether (sulfide) groups is 1. The van der Waals surface area contributed by atoms with Crippen molar-refractivity contribution >= 4 is 28.4 Å². The van der Waals surface area contributed by atoms with Gasteiger partial charge in [0.25, 0.3) is 5.56 Å². The maximum Gasteiger partial charge on any atom is 0.262 e. The highest BCUT2D eigenvalue weighted by Crippen LogP contribution is 2.24. The van der Waals surface area contributed by atoms with Crippen LogP contribution in [0.1, 0.15) is 39.0 Å². The van der Waals surface area contributed by atoms with Crippen LogP contribution in [0.3, 0.4) is 0 Å². The van der Waals surface area contributed by atoms with Gasteiger partial charge in [0.2, 0.25) is 0 Å². The lowest BCUT2D eigenvalue weighted by atomic mass is 9.93. The zero-order valence-corrected chi connectivity index (χ0v) is 18.1. The Bertz CT molecular complexity index is 1140. The summed E-state index contributed by atoms with van der Waals surface area (Å²) >= 11 is 1.27. The van der Waals surface area contributed by atoms with Gasteiger partial charge in [0.05, 0.1) is 16.7 Å². The van der Waals surface area contributed by atoms with Crippen LogP contribution in [0.5, 0.6) is 0 Å². The quantitative estimate of drug-likeness (QED) is 0.362. The van der Waals surface area contributed by atoms with E-state index in [1.807, 2.05) is 39.0 Å². The van der Waals surface area contributed by atoms with Gasteiger partial charge in [-0.05, 0) is 74.6 Å². The van der Waals surface area contributed by atoms with Crippen LogP contribution in [0.25, 0.3) is 10.9 Å². The van der Waals surface area contributed by atoms with Gasteiger partial charge in [-0.15, -0.1) is 0 Å². The minimum atomic E-state index is -0.141. The molecule has 0 saturated heterocycles. The van der Waals surface area contributed by atoms with Gasteiger partial charge in [-0.1, -0.05) is 23.9 Å². The summed E-state index contributed by atoms with van der Waals surface area (Å²) < 4.78 is 1.56. The molecule has 0 bridgehead atoms. The Morgan fingerprint density at radius 2 is 1.83 bits per heavy atom. The fraction of sp³-hybridized carbons (Fsp3) is 0.348. The third kappa shape index (κ3) is 4.28. The van der Waals surface area contributed by atoms with E-state index in [-0.39, 0.29) is 23.7 Å². The van der Waals surface area contributed by atoms with E-state index >= 15 is 0 Å². The molecular weight excluding hydrogens is 384 g/mol. The van der Waals surface area contributed by atoms with Crippen molar-refractivity contribution < 1.29 is 9.90 Å². The summed E-state index contributed by atoms with van der Waals surface area (Å²) in [5, 5.41) is 10.2. The van der Waals surface area contributed by atoms with Crippen molar-refractivity contribution in [2.24, 2.45) is 0 Å². The summed E-state index contributed by atoms with van der Waals surface area (Å²) in [5.41, 5.74) is 5.65. The Morgan fingerprint density at radius 1 is 1.10 bits per heavy atom. The lowest BCUT2D eigenvalue weighted by Crippen LogP contribution is -2.24. The number of aromatic nitrogens is 2. The van der Waals surface area contributed by atoms with Crippen LogP contribution < -0.4 is 5.56 Å². The molecule has 0 fully saturated rings. The molecule has 0 saturated carbocycles. The van der Waals surface area contributed by atoms with Gasteiger partial charge in [0, 0.05) is 18.7 Å². The predicted octanol–water partition coefficient (Wildman–Crippen LogP) is 3.99. The van der Waals surface area contributed by atoms with Crippen LogP contribution in [0.15, 0.2) is 40.3 Å². The van der Waals surface area contributed by atoms with Crippen molar-refractivity contribution in [1.29, 1.82) is 0 Å². The maximum absolute atomic E-state index is 13.0. The molecule has 0 atom stereocenters. The fourth-order valence-electron chi connectivity index (χ4n) is 3.39. The fourth-order valence-corrected chi connectivity index (χ4v) is 4.30. The molecule has 3 rings (SSSR count). The van der Waals surface area contributed by atoms with E-state index in [1.54, 1.807) is 16.7 Å². The van der Waals surface area contributed by atoms with Crippen LogP contribution in [0.4, 0.5) is 0 Å².